The van der Waals surface area contributed by atoms with E-state index in [2.05, 4.69) is 5.32 Å². The minimum Gasteiger partial charge on any atom is -0.343 e. The van der Waals surface area contributed by atoms with Gasteiger partial charge < -0.3 is 10.2 Å². The highest BCUT2D eigenvalue weighted by Gasteiger charge is 2.46. The van der Waals surface area contributed by atoms with E-state index in [1.165, 1.54) is 0 Å². The minimum atomic E-state index is -0.836. The molecule has 0 bridgehead atoms. The second-order valence-corrected chi connectivity index (χ2v) is 6.25. The predicted octanol–water partition coefficient (Wildman–Crippen LogP) is 2.66. The van der Waals surface area contributed by atoms with Crippen LogP contribution < -0.4 is 5.32 Å². The summed E-state index contributed by atoms with van der Waals surface area (Å²) in [5.41, 5.74) is 1.09. The van der Waals surface area contributed by atoms with E-state index in [-0.39, 0.29) is 11.8 Å². The monoisotopic (exact) mass is 308 g/mol. The molecular weight excluding hydrogens is 288 g/mol. The normalized spacial score (nSPS) is 26.0. The van der Waals surface area contributed by atoms with Gasteiger partial charge in [-0.15, -0.1) is 0 Å². The molecule has 0 aromatic heterocycles. The molecule has 21 heavy (non-hydrogen) atoms. The summed E-state index contributed by atoms with van der Waals surface area (Å²) < 4.78 is 0. The van der Waals surface area contributed by atoms with Crippen LogP contribution in [0, 0.1) is 6.92 Å². The van der Waals surface area contributed by atoms with Gasteiger partial charge in [-0.3, -0.25) is 9.59 Å². The first-order valence-electron chi connectivity index (χ1n) is 7.17. The van der Waals surface area contributed by atoms with Crippen molar-refractivity contribution >= 4 is 23.4 Å². The van der Waals surface area contributed by atoms with Gasteiger partial charge >= 0.3 is 0 Å². The molecule has 1 saturated heterocycles. The summed E-state index contributed by atoms with van der Waals surface area (Å²) in [6, 6.07) is 5.25. The van der Waals surface area contributed by atoms with Crippen molar-refractivity contribution in [2.75, 3.05) is 0 Å². The Kier molecular flexibility index (Phi) is 4.28. The molecule has 0 radical (unpaired) electrons. The van der Waals surface area contributed by atoms with E-state index in [1.807, 2.05) is 32.0 Å². The topological polar surface area (TPSA) is 49.4 Å². The van der Waals surface area contributed by atoms with Crippen LogP contribution in [0.5, 0.6) is 0 Å². The highest BCUT2D eigenvalue weighted by molar-refractivity contribution is 6.31. The number of carbonyl (C=O) groups is 2. The first kappa shape index (κ1) is 15.8. The number of hydrogen-bond acceptors (Lipinski definition) is 2. The molecule has 1 aliphatic heterocycles. The number of benzene rings is 1. The molecule has 0 aliphatic carbocycles. The van der Waals surface area contributed by atoms with Crippen LogP contribution in [-0.4, -0.2) is 28.3 Å². The van der Waals surface area contributed by atoms with Gasteiger partial charge in [0.15, 0.2) is 0 Å². The van der Waals surface area contributed by atoms with Gasteiger partial charge in [0, 0.05) is 11.6 Å². The van der Waals surface area contributed by atoms with Gasteiger partial charge in [-0.1, -0.05) is 30.7 Å². The number of nitrogens with one attached hydrogen (secondary N) is 1. The van der Waals surface area contributed by atoms with Crippen LogP contribution in [0.4, 0.5) is 0 Å². The second-order valence-electron chi connectivity index (χ2n) is 5.84. The molecule has 1 aromatic carbocycles. The molecule has 4 nitrogen and oxygen atoms in total. The van der Waals surface area contributed by atoms with Crippen molar-refractivity contribution in [2.45, 2.75) is 52.2 Å². The Balaban J connectivity index is 2.37. The van der Waals surface area contributed by atoms with Crippen LogP contribution in [-0.2, 0) is 16.1 Å². The fourth-order valence-corrected chi connectivity index (χ4v) is 2.86. The largest absolute Gasteiger partial charge is 0.343 e. The lowest BCUT2D eigenvalue weighted by Gasteiger charge is -2.45. The molecule has 2 unspecified atom stereocenters. The molecule has 2 amide bonds. The van der Waals surface area contributed by atoms with Crippen LogP contribution in [0.25, 0.3) is 0 Å². The van der Waals surface area contributed by atoms with E-state index in [0.29, 0.717) is 18.0 Å². The fraction of sp³-hybridized carbons (Fsp3) is 0.500. The predicted molar refractivity (Wildman–Crippen MR) is 83.0 cm³/mol. The Morgan fingerprint density at radius 2 is 2.05 bits per heavy atom. The van der Waals surface area contributed by atoms with Gasteiger partial charge in [-0.25, -0.2) is 0 Å². The lowest BCUT2D eigenvalue weighted by molar-refractivity contribution is -0.157. The summed E-state index contributed by atoms with van der Waals surface area (Å²) in [5.74, 6) is -0.184. The Bertz CT molecular complexity index is 588. The van der Waals surface area contributed by atoms with Crippen LogP contribution in [0.3, 0.4) is 0 Å². The van der Waals surface area contributed by atoms with Crippen molar-refractivity contribution < 1.29 is 9.59 Å². The van der Waals surface area contributed by atoms with Crippen LogP contribution in [0.15, 0.2) is 18.2 Å². The number of aryl methyl sites for hydroxylation is 1. The Morgan fingerprint density at radius 3 is 2.62 bits per heavy atom. The van der Waals surface area contributed by atoms with Gasteiger partial charge in [-0.2, -0.15) is 0 Å². The minimum absolute atomic E-state index is 0.0735. The first-order valence-corrected chi connectivity index (χ1v) is 7.55. The van der Waals surface area contributed by atoms with E-state index < -0.39 is 11.6 Å². The Morgan fingerprint density at radius 1 is 1.38 bits per heavy atom. The van der Waals surface area contributed by atoms with Crippen molar-refractivity contribution in [1.29, 1.82) is 0 Å². The highest BCUT2D eigenvalue weighted by atomic mass is 35.5. The lowest BCUT2D eigenvalue weighted by atomic mass is 9.90. The van der Waals surface area contributed by atoms with Gasteiger partial charge in [0.05, 0.1) is 0 Å². The summed E-state index contributed by atoms with van der Waals surface area (Å²) >= 11 is 6.27. The van der Waals surface area contributed by atoms with Crippen molar-refractivity contribution in [3.05, 3.63) is 34.3 Å². The highest BCUT2D eigenvalue weighted by Crippen LogP contribution is 2.29. The standard InChI is InChI=1S/C16H21ClN2O2/c1-5-16(4)15(21)18-11(3)14(20)19(16)9-12-7-6-10(2)8-13(12)17/h6-8,11H,5,9H2,1-4H3,(H,18,21). The number of rotatable bonds is 3. The number of hydrogen-bond donors (Lipinski definition) is 1. The Labute approximate surface area is 130 Å². The Hall–Kier alpha value is -1.55. The third-order valence-electron chi connectivity index (χ3n) is 4.29. The molecule has 114 valence electrons. The zero-order chi connectivity index (χ0) is 15.8. The summed E-state index contributed by atoms with van der Waals surface area (Å²) in [6.07, 6.45) is 0.556. The van der Waals surface area contributed by atoms with Crippen molar-refractivity contribution in [2.24, 2.45) is 0 Å². The number of halogens is 1. The zero-order valence-electron chi connectivity index (χ0n) is 12.9. The molecule has 1 aliphatic rings. The SMILES string of the molecule is CCC1(C)C(=O)NC(C)C(=O)N1Cc1ccc(C)cc1Cl. The maximum absolute atomic E-state index is 12.5. The molecule has 2 atom stereocenters. The second kappa shape index (κ2) is 5.68. The number of nitrogens with zero attached hydrogens (tertiary/aromatic N) is 1. The van der Waals surface area contributed by atoms with Gasteiger partial charge in [0.25, 0.3) is 0 Å². The number of piperazine rings is 1. The maximum atomic E-state index is 12.5. The third-order valence-corrected chi connectivity index (χ3v) is 4.65. The van der Waals surface area contributed by atoms with E-state index >= 15 is 0 Å². The number of carbonyl (C=O) groups excluding carboxylic acids is 2. The van der Waals surface area contributed by atoms with Crippen LogP contribution >= 0.6 is 11.6 Å². The van der Waals surface area contributed by atoms with E-state index in [4.69, 9.17) is 11.6 Å². The van der Waals surface area contributed by atoms with Crippen molar-refractivity contribution in [1.82, 2.24) is 10.2 Å². The van der Waals surface area contributed by atoms with Crippen LogP contribution in [0.2, 0.25) is 5.02 Å². The van der Waals surface area contributed by atoms with Gasteiger partial charge in [0.2, 0.25) is 11.8 Å². The maximum Gasteiger partial charge on any atom is 0.246 e. The number of amides is 2. The van der Waals surface area contributed by atoms with Gasteiger partial charge in [0.1, 0.15) is 11.6 Å². The molecule has 5 heteroatoms. The average molecular weight is 309 g/mol. The summed E-state index contributed by atoms with van der Waals surface area (Å²) in [6.45, 7) is 7.73. The average Bonchev–Trinajstić information content (AvgIpc) is 2.43. The molecule has 2 rings (SSSR count). The zero-order valence-corrected chi connectivity index (χ0v) is 13.6. The molecule has 1 aromatic rings. The lowest BCUT2D eigenvalue weighted by Crippen LogP contribution is -2.68. The summed E-state index contributed by atoms with van der Waals surface area (Å²) in [5, 5.41) is 3.37. The van der Waals surface area contributed by atoms with Crippen LogP contribution in [0.1, 0.15) is 38.3 Å². The summed E-state index contributed by atoms with van der Waals surface area (Å²) in [4.78, 5) is 26.4. The quantitative estimate of drug-likeness (QED) is 0.933. The molecule has 1 N–H and O–H groups in total. The molecule has 1 fully saturated rings. The van der Waals surface area contributed by atoms with E-state index in [0.717, 1.165) is 11.1 Å². The van der Waals surface area contributed by atoms with Crippen molar-refractivity contribution in [3.8, 4) is 0 Å². The van der Waals surface area contributed by atoms with E-state index in [1.54, 1.807) is 18.7 Å². The third kappa shape index (κ3) is 2.77. The fourth-order valence-electron chi connectivity index (χ4n) is 2.57. The summed E-state index contributed by atoms with van der Waals surface area (Å²) in [7, 11) is 0. The first-order chi connectivity index (χ1) is 9.79. The van der Waals surface area contributed by atoms with E-state index in [9.17, 15) is 9.59 Å². The smallest absolute Gasteiger partial charge is 0.246 e. The molecule has 0 saturated carbocycles. The molecular formula is C16H21ClN2O2. The van der Waals surface area contributed by atoms with Gasteiger partial charge in [-0.05, 0) is 44.4 Å². The molecule has 0 spiro atoms. The molecule has 1 heterocycles. The van der Waals surface area contributed by atoms with Crippen molar-refractivity contribution in [3.63, 3.8) is 0 Å².